The summed E-state index contributed by atoms with van der Waals surface area (Å²) in [4.78, 5) is 8.13. The fourth-order valence-corrected chi connectivity index (χ4v) is 1.06. The third kappa shape index (κ3) is 3.55. The Morgan fingerprint density at radius 3 is 2.87 bits per heavy atom. The van der Waals surface area contributed by atoms with Crippen molar-refractivity contribution < 1.29 is 0 Å². The number of anilines is 2. The van der Waals surface area contributed by atoms with E-state index in [1.807, 2.05) is 19.1 Å². The van der Waals surface area contributed by atoms with Crippen LogP contribution in [0.3, 0.4) is 0 Å². The normalized spacial score (nSPS) is 13.0. The molecule has 0 spiro atoms. The van der Waals surface area contributed by atoms with Crippen LogP contribution in [0, 0.1) is 0 Å². The molecular weight excluding hydrogens is 190 g/mol. The van der Waals surface area contributed by atoms with E-state index in [1.54, 1.807) is 13.2 Å². The van der Waals surface area contributed by atoms with Crippen LogP contribution in [0.25, 0.3) is 6.08 Å². The molecular formula is C10H17N5. The van der Waals surface area contributed by atoms with Crippen LogP contribution in [0.2, 0.25) is 0 Å². The molecule has 15 heavy (non-hydrogen) atoms. The fourth-order valence-electron chi connectivity index (χ4n) is 1.06. The molecule has 1 rings (SSSR count). The Bertz CT molecular complexity index is 346. The van der Waals surface area contributed by atoms with Crippen molar-refractivity contribution in [2.45, 2.75) is 19.4 Å². The monoisotopic (exact) mass is 207 g/mol. The maximum Gasteiger partial charge on any atom is 0.224 e. The fraction of sp³-hybridized carbons (Fsp3) is 0.400. The van der Waals surface area contributed by atoms with E-state index in [2.05, 4.69) is 15.3 Å². The zero-order chi connectivity index (χ0) is 11.3. The van der Waals surface area contributed by atoms with Crippen LogP contribution in [-0.4, -0.2) is 23.1 Å². The number of nitrogens with one attached hydrogen (secondary N) is 1. The minimum atomic E-state index is 0.153. The second kappa shape index (κ2) is 5.31. The van der Waals surface area contributed by atoms with Gasteiger partial charge in [-0.1, -0.05) is 12.2 Å². The molecule has 1 aromatic heterocycles. The third-order valence-corrected chi connectivity index (χ3v) is 1.88. The molecule has 1 aromatic rings. The van der Waals surface area contributed by atoms with Crippen LogP contribution in [0.1, 0.15) is 18.9 Å². The lowest BCUT2D eigenvalue weighted by atomic mass is 10.2. The molecule has 0 aliphatic carbocycles. The van der Waals surface area contributed by atoms with Gasteiger partial charge < -0.3 is 16.8 Å². The molecule has 82 valence electrons. The van der Waals surface area contributed by atoms with Crippen molar-refractivity contribution in [1.29, 1.82) is 0 Å². The summed E-state index contributed by atoms with van der Waals surface area (Å²) in [5.74, 6) is 0.993. The van der Waals surface area contributed by atoms with Crippen molar-refractivity contribution in [3.8, 4) is 0 Å². The number of nitrogens with two attached hydrogens (primary N) is 2. The average Bonchev–Trinajstić information content (AvgIpc) is 2.20. The van der Waals surface area contributed by atoms with Crippen molar-refractivity contribution in [3.05, 3.63) is 17.8 Å². The molecule has 0 saturated carbocycles. The highest BCUT2D eigenvalue weighted by Gasteiger charge is 1.99. The first kappa shape index (κ1) is 11.5. The number of aromatic nitrogens is 2. The van der Waals surface area contributed by atoms with E-state index in [4.69, 9.17) is 11.5 Å². The van der Waals surface area contributed by atoms with Crippen molar-refractivity contribution >= 4 is 17.8 Å². The Hall–Kier alpha value is -1.62. The van der Waals surface area contributed by atoms with Crippen molar-refractivity contribution in [3.63, 3.8) is 0 Å². The SMILES string of the molecule is CNc1ncc(/C=C/C[C@H](C)N)c(N)n1. The molecule has 0 bridgehead atoms. The van der Waals surface area contributed by atoms with Crippen molar-refractivity contribution in [2.24, 2.45) is 5.73 Å². The van der Waals surface area contributed by atoms with Gasteiger partial charge in [0.25, 0.3) is 0 Å². The van der Waals surface area contributed by atoms with Gasteiger partial charge in [-0.2, -0.15) is 4.98 Å². The molecule has 1 atom stereocenters. The van der Waals surface area contributed by atoms with Gasteiger partial charge in [0.15, 0.2) is 0 Å². The lowest BCUT2D eigenvalue weighted by Gasteiger charge is -2.02. The highest BCUT2D eigenvalue weighted by Crippen LogP contribution is 2.11. The number of hydrogen-bond donors (Lipinski definition) is 3. The first-order chi connectivity index (χ1) is 7.13. The second-order valence-electron chi connectivity index (χ2n) is 3.40. The van der Waals surface area contributed by atoms with E-state index in [-0.39, 0.29) is 6.04 Å². The highest BCUT2D eigenvalue weighted by atomic mass is 15.1. The quantitative estimate of drug-likeness (QED) is 0.681. The molecule has 5 nitrogen and oxygen atoms in total. The van der Waals surface area contributed by atoms with E-state index < -0.39 is 0 Å². The Morgan fingerprint density at radius 1 is 1.60 bits per heavy atom. The summed E-state index contributed by atoms with van der Waals surface area (Å²) in [5, 5.41) is 2.82. The lowest BCUT2D eigenvalue weighted by Crippen LogP contribution is -2.12. The predicted octanol–water partition coefficient (Wildman–Crippen LogP) is 0.851. The van der Waals surface area contributed by atoms with Gasteiger partial charge in [0, 0.05) is 24.8 Å². The molecule has 0 aliphatic heterocycles. The number of nitrogen functional groups attached to an aromatic ring is 1. The molecule has 1 heterocycles. The van der Waals surface area contributed by atoms with Crippen LogP contribution in [0.5, 0.6) is 0 Å². The largest absolute Gasteiger partial charge is 0.383 e. The van der Waals surface area contributed by atoms with Gasteiger partial charge in [0.05, 0.1) is 0 Å². The summed E-state index contributed by atoms with van der Waals surface area (Å²) >= 11 is 0. The van der Waals surface area contributed by atoms with Crippen molar-refractivity contribution in [2.75, 3.05) is 18.1 Å². The van der Waals surface area contributed by atoms with E-state index in [0.717, 1.165) is 12.0 Å². The molecule has 0 fully saturated rings. The average molecular weight is 207 g/mol. The third-order valence-electron chi connectivity index (χ3n) is 1.88. The Labute approximate surface area is 89.6 Å². The molecule has 5 heteroatoms. The van der Waals surface area contributed by atoms with Crippen LogP contribution in [-0.2, 0) is 0 Å². The molecule has 0 unspecified atom stereocenters. The molecule has 0 aliphatic rings. The summed E-state index contributed by atoms with van der Waals surface area (Å²) < 4.78 is 0. The van der Waals surface area contributed by atoms with Gasteiger partial charge >= 0.3 is 0 Å². The Balaban J connectivity index is 2.73. The topological polar surface area (TPSA) is 89.8 Å². The summed E-state index contributed by atoms with van der Waals surface area (Å²) in [7, 11) is 1.75. The van der Waals surface area contributed by atoms with Gasteiger partial charge in [-0.05, 0) is 13.3 Å². The summed E-state index contributed by atoms with van der Waals surface area (Å²) in [6, 6.07) is 0.153. The zero-order valence-electron chi connectivity index (χ0n) is 9.07. The van der Waals surface area contributed by atoms with Crippen LogP contribution in [0.15, 0.2) is 12.3 Å². The van der Waals surface area contributed by atoms with Crippen molar-refractivity contribution in [1.82, 2.24) is 9.97 Å². The molecule has 0 aromatic carbocycles. The van der Waals surface area contributed by atoms with Gasteiger partial charge in [-0.25, -0.2) is 4.98 Å². The smallest absolute Gasteiger partial charge is 0.224 e. The Morgan fingerprint density at radius 2 is 2.33 bits per heavy atom. The minimum absolute atomic E-state index is 0.153. The van der Waals surface area contributed by atoms with E-state index >= 15 is 0 Å². The standard InChI is InChI=1S/C10H17N5/c1-7(11)4-3-5-8-6-14-10(13-2)15-9(8)12/h3,5-7H,4,11H2,1-2H3,(H3,12,13,14,15)/b5-3+/t7-/m0/s1. The molecule has 0 saturated heterocycles. The highest BCUT2D eigenvalue weighted by molar-refractivity contribution is 5.61. The summed E-state index contributed by atoms with van der Waals surface area (Å²) in [6.45, 7) is 1.95. The molecule has 5 N–H and O–H groups in total. The predicted molar refractivity (Wildman–Crippen MR) is 63.3 cm³/mol. The number of nitrogens with zero attached hydrogens (tertiary/aromatic N) is 2. The van der Waals surface area contributed by atoms with E-state index in [9.17, 15) is 0 Å². The van der Waals surface area contributed by atoms with Gasteiger partial charge in [0.2, 0.25) is 5.95 Å². The summed E-state index contributed by atoms with van der Waals surface area (Å²) in [5.41, 5.74) is 12.2. The molecule has 0 amide bonds. The minimum Gasteiger partial charge on any atom is -0.383 e. The number of hydrogen-bond acceptors (Lipinski definition) is 5. The van der Waals surface area contributed by atoms with E-state index in [0.29, 0.717) is 11.8 Å². The van der Waals surface area contributed by atoms with Crippen LogP contribution in [0.4, 0.5) is 11.8 Å². The van der Waals surface area contributed by atoms with Crippen LogP contribution < -0.4 is 16.8 Å². The lowest BCUT2D eigenvalue weighted by molar-refractivity contribution is 0.759. The molecule has 0 radical (unpaired) electrons. The summed E-state index contributed by atoms with van der Waals surface area (Å²) in [6.07, 6.45) is 6.36. The van der Waals surface area contributed by atoms with E-state index in [1.165, 1.54) is 0 Å². The number of rotatable bonds is 4. The maximum absolute atomic E-state index is 5.74. The van der Waals surface area contributed by atoms with Gasteiger partial charge in [-0.3, -0.25) is 0 Å². The first-order valence-corrected chi connectivity index (χ1v) is 4.86. The van der Waals surface area contributed by atoms with Gasteiger partial charge in [0.1, 0.15) is 5.82 Å². The zero-order valence-corrected chi connectivity index (χ0v) is 9.07. The van der Waals surface area contributed by atoms with Gasteiger partial charge in [-0.15, -0.1) is 0 Å². The van der Waals surface area contributed by atoms with Crippen LogP contribution >= 0.6 is 0 Å². The Kier molecular flexibility index (Phi) is 4.05. The maximum atomic E-state index is 5.74. The first-order valence-electron chi connectivity index (χ1n) is 4.86. The second-order valence-corrected chi connectivity index (χ2v) is 3.40.